The summed E-state index contributed by atoms with van der Waals surface area (Å²) in [6.45, 7) is 6.39. The van der Waals surface area contributed by atoms with E-state index in [1.165, 1.54) is 32.3 Å². The van der Waals surface area contributed by atoms with Gasteiger partial charge in [-0.1, -0.05) is 49.1 Å². The smallest absolute Gasteiger partial charge is 0.0102 e. The van der Waals surface area contributed by atoms with Crippen molar-refractivity contribution < 1.29 is 0 Å². The van der Waals surface area contributed by atoms with E-state index in [9.17, 15) is 0 Å². The Morgan fingerprint density at radius 1 is 1.18 bits per heavy atom. The summed E-state index contributed by atoms with van der Waals surface area (Å²) < 4.78 is 0. The molecular weight excluding hydrogens is 204 g/mol. The van der Waals surface area contributed by atoms with Crippen LogP contribution in [0.15, 0.2) is 30.3 Å². The Balaban J connectivity index is 2.64. The molecule has 0 spiro atoms. The van der Waals surface area contributed by atoms with Crippen LogP contribution in [0.5, 0.6) is 0 Å². The van der Waals surface area contributed by atoms with Crippen molar-refractivity contribution in [2.24, 2.45) is 0 Å². The van der Waals surface area contributed by atoms with Gasteiger partial charge in [-0.05, 0) is 52.1 Å². The summed E-state index contributed by atoms with van der Waals surface area (Å²) in [5.41, 5.74) is 2.81. The number of benzene rings is 2. The van der Waals surface area contributed by atoms with Crippen LogP contribution in [0.25, 0.3) is 29.5 Å². The molecule has 0 unspecified atom stereocenters. The van der Waals surface area contributed by atoms with Gasteiger partial charge in [0.05, 0.1) is 0 Å². The van der Waals surface area contributed by atoms with Crippen LogP contribution in [-0.4, -0.2) is 0 Å². The van der Waals surface area contributed by atoms with Crippen molar-refractivity contribution in [3.8, 4) is 0 Å². The molecule has 1 aliphatic rings. The monoisotopic (exact) mass is 220 g/mol. The third kappa shape index (κ3) is 1.44. The fourth-order valence-corrected chi connectivity index (χ4v) is 2.84. The summed E-state index contributed by atoms with van der Waals surface area (Å²) >= 11 is 0. The van der Waals surface area contributed by atoms with E-state index in [1.54, 1.807) is 0 Å². The number of allylic oxidation sites excluding steroid dienone is 1. The topological polar surface area (TPSA) is 0 Å². The lowest BCUT2D eigenvalue weighted by atomic mass is 9.89. The largest absolute Gasteiger partial charge is 0.0908 e. The second-order valence-corrected chi connectivity index (χ2v) is 4.56. The lowest BCUT2D eigenvalue weighted by molar-refractivity contribution is 0.978. The first-order chi connectivity index (χ1) is 8.33. The summed E-state index contributed by atoms with van der Waals surface area (Å²) in [5, 5.41) is 5.20. The Labute approximate surface area is 102 Å². The van der Waals surface area contributed by atoms with Gasteiger partial charge in [0.2, 0.25) is 0 Å². The number of fused-ring (bicyclic) bond motifs is 3. The summed E-state index contributed by atoms with van der Waals surface area (Å²) in [6.07, 6.45) is 8.97. The van der Waals surface area contributed by atoms with Crippen LogP contribution < -0.4 is 10.4 Å². The summed E-state index contributed by atoms with van der Waals surface area (Å²) in [5.74, 6) is 0. The lowest BCUT2D eigenvalue weighted by Crippen LogP contribution is -2.29. The van der Waals surface area contributed by atoms with E-state index in [-0.39, 0.29) is 0 Å². The zero-order chi connectivity index (χ0) is 11.8. The molecule has 2 aromatic carbocycles. The van der Waals surface area contributed by atoms with Crippen molar-refractivity contribution in [2.75, 3.05) is 0 Å². The van der Waals surface area contributed by atoms with Crippen LogP contribution in [0, 0.1) is 0 Å². The number of hydrogen-bond donors (Lipinski definition) is 0. The zero-order valence-electron chi connectivity index (χ0n) is 10.2. The molecule has 0 fully saturated rings. The Morgan fingerprint density at radius 2 is 1.94 bits per heavy atom. The predicted molar refractivity (Wildman–Crippen MR) is 76.2 cm³/mol. The van der Waals surface area contributed by atoms with Crippen molar-refractivity contribution in [3.63, 3.8) is 0 Å². The first kappa shape index (κ1) is 10.3. The van der Waals surface area contributed by atoms with Gasteiger partial charge >= 0.3 is 0 Å². The fourth-order valence-electron chi connectivity index (χ4n) is 2.84. The molecule has 0 heteroatoms. The highest BCUT2D eigenvalue weighted by Crippen LogP contribution is 2.23. The fraction of sp³-hybridized carbons (Fsp3) is 0.176. The molecule has 2 aromatic rings. The summed E-state index contributed by atoms with van der Waals surface area (Å²) in [6, 6.07) is 8.64. The number of hydrogen-bond acceptors (Lipinski definition) is 0. The first-order valence-corrected chi connectivity index (χ1v) is 6.18. The lowest BCUT2D eigenvalue weighted by Gasteiger charge is -2.15. The van der Waals surface area contributed by atoms with Gasteiger partial charge in [0.25, 0.3) is 0 Å². The molecule has 0 nitrogen and oxygen atoms in total. The van der Waals surface area contributed by atoms with E-state index in [4.69, 9.17) is 0 Å². The van der Waals surface area contributed by atoms with Gasteiger partial charge in [0, 0.05) is 0 Å². The normalized spacial score (nSPS) is 15.2. The van der Waals surface area contributed by atoms with Crippen molar-refractivity contribution >= 4 is 29.5 Å². The molecule has 0 saturated carbocycles. The quantitative estimate of drug-likeness (QED) is 0.640. The molecule has 0 bridgehead atoms. The van der Waals surface area contributed by atoms with Gasteiger partial charge in [-0.25, -0.2) is 0 Å². The van der Waals surface area contributed by atoms with Gasteiger partial charge in [-0.3, -0.25) is 0 Å². The zero-order valence-corrected chi connectivity index (χ0v) is 10.2. The molecule has 0 amide bonds. The van der Waals surface area contributed by atoms with Gasteiger partial charge in [-0.2, -0.15) is 0 Å². The standard InChI is InChI=1S/C17H16/c1-3-13-12(2)14-8-4-5-10-16(14)17-11-7-6-9-15(13)17/h3,5-7,9-11H,2,4,8H2,1H3/b13-3+. The minimum absolute atomic E-state index is 1.12. The molecule has 17 heavy (non-hydrogen) atoms. The van der Waals surface area contributed by atoms with E-state index in [1.807, 2.05) is 0 Å². The van der Waals surface area contributed by atoms with Crippen molar-refractivity contribution in [3.05, 3.63) is 51.9 Å². The van der Waals surface area contributed by atoms with E-state index >= 15 is 0 Å². The van der Waals surface area contributed by atoms with E-state index in [0.717, 1.165) is 12.8 Å². The molecule has 0 heterocycles. The molecule has 1 aliphatic carbocycles. The third-order valence-corrected chi connectivity index (χ3v) is 3.66. The Bertz CT molecular complexity index is 718. The SMILES string of the molecule is C=c1c2c(c3ccccc3/c1=C/C)C=CCC2. The molecule has 0 atom stereocenters. The van der Waals surface area contributed by atoms with Crippen molar-refractivity contribution in [1.82, 2.24) is 0 Å². The van der Waals surface area contributed by atoms with E-state index in [0.29, 0.717) is 0 Å². The molecule has 0 saturated heterocycles. The van der Waals surface area contributed by atoms with Crippen LogP contribution in [0.3, 0.4) is 0 Å². The number of rotatable bonds is 0. The molecule has 3 rings (SSSR count). The van der Waals surface area contributed by atoms with Crippen molar-refractivity contribution in [1.29, 1.82) is 0 Å². The van der Waals surface area contributed by atoms with Gasteiger partial charge in [0.1, 0.15) is 0 Å². The van der Waals surface area contributed by atoms with E-state index < -0.39 is 0 Å². The van der Waals surface area contributed by atoms with Crippen LogP contribution >= 0.6 is 0 Å². The molecule has 0 radical (unpaired) electrons. The molecule has 0 aromatic heterocycles. The van der Waals surface area contributed by atoms with Crippen LogP contribution in [-0.2, 0) is 6.42 Å². The van der Waals surface area contributed by atoms with Gasteiger partial charge < -0.3 is 0 Å². The van der Waals surface area contributed by atoms with Gasteiger partial charge in [0.15, 0.2) is 0 Å². The Morgan fingerprint density at radius 3 is 2.71 bits per heavy atom. The maximum absolute atomic E-state index is 4.29. The Kier molecular flexibility index (Phi) is 2.36. The average Bonchev–Trinajstić information content (AvgIpc) is 2.40. The minimum atomic E-state index is 1.12. The average molecular weight is 220 g/mol. The van der Waals surface area contributed by atoms with Gasteiger partial charge in [-0.15, -0.1) is 0 Å². The van der Waals surface area contributed by atoms with E-state index in [2.05, 4.69) is 56.0 Å². The molecular formula is C17H16. The highest BCUT2D eigenvalue weighted by Gasteiger charge is 2.10. The van der Waals surface area contributed by atoms with Crippen molar-refractivity contribution in [2.45, 2.75) is 19.8 Å². The predicted octanol–water partition coefficient (Wildman–Crippen LogP) is 3.01. The minimum Gasteiger partial charge on any atom is -0.0908 e. The Hall–Kier alpha value is -1.82. The second kappa shape index (κ2) is 3.89. The van der Waals surface area contributed by atoms with Crippen LogP contribution in [0.2, 0.25) is 0 Å². The summed E-state index contributed by atoms with van der Waals surface area (Å²) in [7, 11) is 0. The summed E-state index contributed by atoms with van der Waals surface area (Å²) in [4.78, 5) is 0. The maximum Gasteiger partial charge on any atom is -0.0102 e. The highest BCUT2D eigenvalue weighted by atomic mass is 14.1. The molecule has 0 aliphatic heterocycles. The maximum atomic E-state index is 4.29. The molecule has 84 valence electrons. The first-order valence-electron chi connectivity index (χ1n) is 6.18. The third-order valence-electron chi connectivity index (χ3n) is 3.66. The highest BCUT2D eigenvalue weighted by molar-refractivity contribution is 5.93. The van der Waals surface area contributed by atoms with Crippen LogP contribution in [0.1, 0.15) is 24.5 Å². The molecule has 0 N–H and O–H groups in total. The van der Waals surface area contributed by atoms with Crippen LogP contribution in [0.4, 0.5) is 0 Å². The second-order valence-electron chi connectivity index (χ2n) is 4.56.